The van der Waals surface area contributed by atoms with Gasteiger partial charge in [0.05, 0.1) is 5.69 Å². The summed E-state index contributed by atoms with van der Waals surface area (Å²) < 4.78 is 7.79. The van der Waals surface area contributed by atoms with Crippen LogP contribution in [-0.4, -0.2) is 36.6 Å². The van der Waals surface area contributed by atoms with E-state index >= 15 is 0 Å². The summed E-state index contributed by atoms with van der Waals surface area (Å²) in [6.45, 7) is 10.9. The first-order chi connectivity index (χ1) is 10.8. The Bertz CT molecular complexity index is 733. The highest BCUT2D eigenvalue weighted by Gasteiger charge is 2.26. The molecular formula is C17H25N3O2Si. The van der Waals surface area contributed by atoms with Crippen LogP contribution in [0.1, 0.15) is 17.4 Å². The lowest BCUT2D eigenvalue weighted by molar-refractivity contribution is 0.0893. The molecule has 0 amide bonds. The number of fused-ring (bicyclic) bond motifs is 2. The molecule has 6 heteroatoms. The van der Waals surface area contributed by atoms with Gasteiger partial charge in [-0.05, 0) is 18.2 Å². The van der Waals surface area contributed by atoms with Gasteiger partial charge in [-0.1, -0.05) is 26.6 Å². The summed E-state index contributed by atoms with van der Waals surface area (Å²) in [6, 6.07) is 5.18. The van der Waals surface area contributed by atoms with Gasteiger partial charge in [-0.2, -0.15) is 0 Å². The molecule has 1 unspecified atom stereocenters. The molecule has 0 aromatic carbocycles. The molecule has 0 bridgehead atoms. The Morgan fingerprint density at radius 3 is 2.96 bits per heavy atom. The first kappa shape index (κ1) is 16.2. The van der Waals surface area contributed by atoms with Crippen molar-refractivity contribution in [2.75, 3.05) is 18.5 Å². The molecule has 5 nitrogen and oxygen atoms in total. The maximum absolute atomic E-state index is 12.3. The van der Waals surface area contributed by atoms with Gasteiger partial charge >= 0.3 is 0 Å². The molecule has 3 rings (SSSR count). The molecule has 23 heavy (non-hydrogen) atoms. The molecule has 1 atom stereocenters. The zero-order valence-electron chi connectivity index (χ0n) is 14.3. The van der Waals surface area contributed by atoms with E-state index in [9.17, 15) is 4.79 Å². The van der Waals surface area contributed by atoms with E-state index in [0.29, 0.717) is 19.0 Å². The fraction of sp³-hybridized carbons (Fsp3) is 0.529. The van der Waals surface area contributed by atoms with Crippen LogP contribution in [0.25, 0.3) is 11.0 Å². The number of ether oxygens (including phenoxy) is 1. The Labute approximate surface area is 138 Å². The van der Waals surface area contributed by atoms with Crippen molar-refractivity contribution in [1.29, 1.82) is 0 Å². The van der Waals surface area contributed by atoms with Crippen LogP contribution in [0.4, 0.5) is 5.69 Å². The standard InChI is InChI=1S/C17H25N3O2Si/c1-12-10-18-14-9-13-5-6-20(11-22-7-8-23(2,3)4)17(13)19-15(14)16(12)21/h5-6,9,12,18H,7-8,10-11H2,1-4H3. The largest absolute Gasteiger partial charge is 0.382 e. The number of carbonyl (C=O) groups is 1. The van der Waals surface area contributed by atoms with Crippen LogP contribution < -0.4 is 5.32 Å². The van der Waals surface area contributed by atoms with E-state index in [0.717, 1.165) is 29.4 Å². The molecule has 1 aliphatic rings. The smallest absolute Gasteiger partial charge is 0.187 e. The van der Waals surface area contributed by atoms with Crippen molar-refractivity contribution in [3.63, 3.8) is 0 Å². The number of carbonyl (C=O) groups excluding carboxylic acids is 1. The van der Waals surface area contributed by atoms with Crippen LogP contribution >= 0.6 is 0 Å². The summed E-state index contributed by atoms with van der Waals surface area (Å²) >= 11 is 0. The van der Waals surface area contributed by atoms with Crippen LogP contribution in [0.15, 0.2) is 18.3 Å². The maximum atomic E-state index is 12.3. The summed E-state index contributed by atoms with van der Waals surface area (Å²) in [5, 5.41) is 4.33. The lowest BCUT2D eigenvalue weighted by atomic mass is 9.98. The van der Waals surface area contributed by atoms with Crippen LogP contribution in [0.5, 0.6) is 0 Å². The Hall–Kier alpha value is -1.66. The van der Waals surface area contributed by atoms with Gasteiger partial charge in [0, 0.05) is 38.7 Å². The number of aromatic nitrogens is 2. The summed E-state index contributed by atoms with van der Waals surface area (Å²) in [6.07, 6.45) is 1.98. The van der Waals surface area contributed by atoms with Gasteiger partial charge in [0.25, 0.3) is 0 Å². The van der Waals surface area contributed by atoms with E-state index in [4.69, 9.17) is 4.74 Å². The number of pyridine rings is 1. The Balaban J connectivity index is 1.79. The van der Waals surface area contributed by atoms with Gasteiger partial charge in [-0.3, -0.25) is 4.79 Å². The number of anilines is 1. The second kappa shape index (κ2) is 6.09. The molecule has 0 saturated carbocycles. The van der Waals surface area contributed by atoms with Gasteiger partial charge in [-0.25, -0.2) is 4.98 Å². The number of rotatable bonds is 5. The average Bonchev–Trinajstić information content (AvgIpc) is 2.87. The van der Waals surface area contributed by atoms with E-state index in [1.807, 2.05) is 29.8 Å². The van der Waals surface area contributed by atoms with E-state index in [1.54, 1.807) is 0 Å². The molecular weight excluding hydrogens is 306 g/mol. The summed E-state index contributed by atoms with van der Waals surface area (Å²) in [5.74, 6) is 0.0944. The van der Waals surface area contributed by atoms with E-state index in [1.165, 1.54) is 0 Å². The number of nitrogens with zero attached hydrogens (tertiary/aromatic N) is 2. The topological polar surface area (TPSA) is 56.1 Å². The lowest BCUT2D eigenvalue weighted by Gasteiger charge is -2.21. The molecule has 0 saturated heterocycles. The number of Topliss-reactive ketones (excluding diaryl/α,β-unsaturated/α-hetero) is 1. The van der Waals surface area contributed by atoms with E-state index in [-0.39, 0.29) is 11.7 Å². The van der Waals surface area contributed by atoms with Gasteiger partial charge in [0.15, 0.2) is 5.78 Å². The first-order valence-electron chi connectivity index (χ1n) is 8.21. The third-order valence-electron chi connectivity index (χ3n) is 4.24. The van der Waals surface area contributed by atoms with E-state index < -0.39 is 8.07 Å². The van der Waals surface area contributed by atoms with Crippen LogP contribution in [0, 0.1) is 5.92 Å². The minimum atomic E-state index is -1.07. The summed E-state index contributed by atoms with van der Waals surface area (Å²) in [4.78, 5) is 16.9. The van der Waals surface area contributed by atoms with Gasteiger partial charge in [0.1, 0.15) is 18.1 Å². The van der Waals surface area contributed by atoms with Crippen molar-refractivity contribution < 1.29 is 9.53 Å². The molecule has 3 heterocycles. The number of hydrogen-bond acceptors (Lipinski definition) is 4. The quantitative estimate of drug-likeness (QED) is 0.672. The fourth-order valence-corrected chi connectivity index (χ4v) is 3.43. The second-order valence-corrected chi connectivity index (χ2v) is 13.2. The molecule has 1 aliphatic heterocycles. The maximum Gasteiger partial charge on any atom is 0.187 e. The molecule has 0 spiro atoms. The van der Waals surface area contributed by atoms with Crippen molar-refractivity contribution in [2.45, 2.75) is 39.3 Å². The Morgan fingerprint density at radius 2 is 2.22 bits per heavy atom. The molecule has 0 aliphatic carbocycles. The highest BCUT2D eigenvalue weighted by molar-refractivity contribution is 6.76. The molecule has 2 aromatic heterocycles. The van der Waals surface area contributed by atoms with Gasteiger partial charge < -0.3 is 14.6 Å². The van der Waals surface area contributed by atoms with E-state index in [2.05, 4.69) is 29.9 Å². The SMILES string of the molecule is CC1CNc2cc3ccn(COCC[Si](C)(C)C)c3nc2C1=O. The zero-order chi connectivity index (χ0) is 16.6. The summed E-state index contributed by atoms with van der Waals surface area (Å²) in [5.41, 5.74) is 2.22. The molecule has 124 valence electrons. The third kappa shape index (κ3) is 3.48. The second-order valence-electron chi connectivity index (χ2n) is 7.58. The first-order valence-corrected chi connectivity index (χ1v) is 11.9. The van der Waals surface area contributed by atoms with Crippen molar-refractivity contribution >= 4 is 30.6 Å². The molecule has 0 radical (unpaired) electrons. The van der Waals surface area contributed by atoms with Gasteiger partial charge in [-0.15, -0.1) is 0 Å². The van der Waals surface area contributed by atoms with Crippen molar-refractivity contribution in [3.8, 4) is 0 Å². The minimum Gasteiger partial charge on any atom is -0.382 e. The number of hydrogen-bond donors (Lipinski definition) is 1. The lowest BCUT2D eigenvalue weighted by Crippen LogP contribution is -2.28. The molecule has 1 N–H and O–H groups in total. The van der Waals surface area contributed by atoms with Crippen molar-refractivity contribution in [1.82, 2.24) is 9.55 Å². The fourth-order valence-electron chi connectivity index (χ4n) is 2.67. The predicted octanol–water partition coefficient (Wildman–Crippen LogP) is 3.59. The molecule has 0 fully saturated rings. The van der Waals surface area contributed by atoms with Crippen LogP contribution in [0.2, 0.25) is 25.7 Å². The monoisotopic (exact) mass is 331 g/mol. The third-order valence-corrected chi connectivity index (χ3v) is 5.95. The van der Waals surface area contributed by atoms with Crippen LogP contribution in [0.3, 0.4) is 0 Å². The molecule has 2 aromatic rings. The van der Waals surface area contributed by atoms with Crippen molar-refractivity contribution in [3.05, 3.63) is 24.0 Å². The highest BCUT2D eigenvalue weighted by Crippen LogP contribution is 2.27. The zero-order valence-corrected chi connectivity index (χ0v) is 15.3. The summed E-state index contributed by atoms with van der Waals surface area (Å²) in [7, 11) is -1.07. The average molecular weight is 331 g/mol. The Morgan fingerprint density at radius 1 is 1.43 bits per heavy atom. The van der Waals surface area contributed by atoms with Crippen molar-refractivity contribution in [2.24, 2.45) is 5.92 Å². The predicted molar refractivity (Wildman–Crippen MR) is 95.8 cm³/mol. The Kier molecular flexibility index (Phi) is 4.29. The van der Waals surface area contributed by atoms with Gasteiger partial charge in [0.2, 0.25) is 0 Å². The van der Waals surface area contributed by atoms with Crippen LogP contribution in [-0.2, 0) is 11.5 Å². The minimum absolute atomic E-state index is 0.0242. The highest BCUT2D eigenvalue weighted by atomic mass is 28.3. The normalized spacial score (nSPS) is 18.1. The number of ketones is 1. The number of nitrogens with one attached hydrogen (secondary N) is 1.